The van der Waals surface area contributed by atoms with Gasteiger partial charge in [0.05, 0.1) is 11.6 Å². The van der Waals surface area contributed by atoms with Crippen LogP contribution in [0.4, 0.5) is 5.82 Å². The van der Waals surface area contributed by atoms with Gasteiger partial charge in [0, 0.05) is 37.9 Å². The van der Waals surface area contributed by atoms with Gasteiger partial charge in [-0.2, -0.15) is 0 Å². The summed E-state index contributed by atoms with van der Waals surface area (Å²) >= 11 is 0. The van der Waals surface area contributed by atoms with Gasteiger partial charge in [-0.15, -0.1) is 0 Å². The standard InChI is InChI=1S/C23H33N5O2/c1-15(22(30)26-23-12-16-9-17(13-23)11-18(10-16)14-23)27-5-7-28(8-6-27)21-19(20(24)29)3-2-4-25-21/h2-4,15-18H,5-14H2,1H3,(H2,24,29)(H,26,30)/t15-,16?,17?,18?,23?/m1/s1. The highest BCUT2D eigenvalue weighted by Gasteiger charge is 2.51. The van der Waals surface area contributed by atoms with Crippen molar-refractivity contribution in [1.29, 1.82) is 0 Å². The molecular formula is C23H33N5O2. The Morgan fingerprint density at radius 3 is 2.27 bits per heavy atom. The zero-order chi connectivity index (χ0) is 20.9. The van der Waals surface area contributed by atoms with Gasteiger partial charge in [0.15, 0.2) is 0 Å². The zero-order valence-corrected chi connectivity index (χ0v) is 17.8. The van der Waals surface area contributed by atoms with Crippen molar-refractivity contribution in [3.05, 3.63) is 23.9 Å². The van der Waals surface area contributed by atoms with Crippen molar-refractivity contribution >= 4 is 17.6 Å². The van der Waals surface area contributed by atoms with Gasteiger partial charge in [-0.3, -0.25) is 14.5 Å². The van der Waals surface area contributed by atoms with Crippen molar-refractivity contribution in [1.82, 2.24) is 15.2 Å². The summed E-state index contributed by atoms with van der Waals surface area (Å²) in [6.07, 6.45) is 9.38. The normalized spacial score (nSPS) is 34.0. The predicted octanol–water partition coefficient (Wildman–Crippen LogP) is 1.78. The van der Waals surface area contributed by atoms with Crippen molar-refractivity contribution in [3.63, 3.8) is 0 Å². The molecule has 1 aromatic rings. The van der Waals surface area contributed by atoms with Crippen molar-refractivity contribution in [3.8, 4) is 0 Å². The van der Waals surface area contributed by atoms with Gasteiger partial charge in [0.2, 0.25) is 5.91 Å². The quantitative estimate of drug-likeness (QED) is 0.771. The summed E-state index contributed by atoms with van der Waals surface area (Å²) in [7, 11) is 0. The van der Waals surface area contributed by atoms with Crippen LogP contribution >= 0.6 is 0 Å². The largest absolute Gasteiger partial charge is 0.365 e. The number of nitrogens with two attached hydrogens (primary N) is 1. The van der Waals surface area contributed by atoms with E-state index in [1.54, 1.807) is 18.3 Å². The lowest BCUT2D eigenvalue weighted by Gasteiger charge is -2.57. The summed E-state index contributed by atoms with van der Waals surface area (Å²) in [5, 5.41) is 3.52. The molecule has 1 aromatic heterocycles. The number of hydrogen-bond donors (Lipinski definition) is 2. The number of hydrogen-bond acceptors (Lipinski definition) is 5. The maximum absolute atomic E-state index is 13.2. The number of carbonyl (C=O) groups is 2. The van der Waals surface area contributed by atoms with Crippen molar-refractivity contribution in [2.45, 2.75) is 57.0 Å². The minimum absolute atomic E-state index is 0.0618. The second kappa shape index (κ2) is 7.52. The number of anilines is 1. The lowest BCUT2D eigenvalue weighted by Crippen LogP contribution is -2.63. The fourth-order valence-corrected chi connectivity index (χ4v) is 6.96. The molecule has 1 saturated heterocycles. The van der Waals surface area contributed by atoms with Gasteiger partial charge in [0.25, 0.3) is 5.91 Å². The molecule has 0 radical (unpaired) electrons. The molecule has 4 saturated carbocycles. The highest BCUT2D eigenvalue weighted by molar-refractivity contribution is 5.97. The van der Waals surface area contributed by atoms with Crippen molar-refractivity contribution < 1.29 is 9.59 Å². The third-order valence-corrected chi connectivity index (χ3v) is 8.02. The van der Waals surface area contributed by atoms with Crippen LogP contribution in [0.5, 0.6) is 0 Å². The van der Waals surface area contributed by atoms with Crippen LogP contribution in [0.25, 0.3) is 0 Å². The zero-order valence-electron chi connectivity index (χ0n) is 17.8. The molecule has 7 heteroatoms. The van der Waals surface area contributed by atoms with Gasteiger partial charge in [-0.05, 0) is 75.3 Å². The molecule has 1 aliphatic heterocycles. The number of aromatic nitrogens is 1. The van der Waals surface area contributed by atoms with E-state index in [-0.39, 0.29) is 17.5 Å². The SMILES string of the molecule is C[C@H](C(=O)NC12CC3CC(CC(C3)C1)C2)N1CCN(c2ncccc2C(N)=O)CC1. The average Bonchev–Trinajstić information content (AvgIpc) is 2.72. The highest BCUT2D eigenvalue weighted by Crippen LogP contribution is 2.55. The van der Waals surface area contributed by atoms with Gasteiger partial charge in [-0.1, -0.05) is 0 Å². The highest BCUT2D eigenvalue weighted by atomic mass is 16.2. The topological polar surface area (TPSA) is 91.6 Å². The van der Waals surface area contributed by atoms with Crippen LogP contribution in [0.15, 0.2) is 18.3 Å². The summed E-state index contributed by atoms with van der Waals surface area (Å²) in [6, 6.07) is 3.31. The average molecular weight is 412 g/mol. The van der Waals surface area contributed by atoms with E-state index < -0.39 is 5.91 Å². The number of amides is 2. The molecule has 7 nitrogen and oxygen atoms in total. The number of pyridine rings is 1. The Hall–Kier alpha value is -2.15. The molecule has 0 aromatic carbocycles. The minimum Gasteiger partial charge on any atom is -0.365 e. The van der Waals surface area contributed by atoms with E-state index in [1.807, 2.05) is 6.92 Å². The lowest BCUT2D eigenvalue weighted by molar-refractivity contribution is -0.131. The predicted molar refractivity (Wildman–Crippen MR) is 115 cm³/mol. The fourth-order valence-electron chi connectivity index (χ4n) is 6.96. The van der Waals surface area contributed by atoms with E-state index in [2.05, 4.69) is 20.1 Å². The maximum atomic E-state index is 13.2. The lowest BCUT2D eigenvalue weighted by atomic mass is 9.53. The third-order valence-electron chi connectivity index (χ3n) is 8.02. The number of primary amides is 1. The Morgan fingerprint density at radius 2 is 1.70 bits per heavy atom. The van der Waals surface area contributed by atoms with Crippen LogP contribution in [0, 0.1) is 17.8 Å². The van der Waals surface area contributed by atoms with Crippen LogP contribution in [-0.2, 0) is 4.79 Å². The molecule has 6 rings (SSSR count). The summed E-state index contributed by atoms with van der Waals surface area (Å²) < 4.78 is 0. The van der Waals surface area contributed by atoms with Crippen LogP contribution in [0.3, 0.4) is 0 Å². The summed E-state index contributed by atoms with van der Waals surface area (Å²) in [5.41, 5.74) is 6.03. The Morgan fingerprint density at radius 1 is 1.10 bits per heavy atom. The molecule has 0 spiro atoms. The van der Waals surface area contributed by atoms with Gasteiger partial charge in [-0.25, -0.2) is 4.98 Å². The van der Waals surface area contributed by atoms with Crippen LogP contribution in [-0.4, -0.2) is 59.5 Å². The van der Waals surface area contributed by atoms with Crippen molar-refractivity contribution in [2.24, 2.45) is 23.5 Å². The second-order valence-electron chi connectivity index (χ2n) is 10.1. The van der Waals surface area contributed by atoms with Crippen LogP contribution in [0.2, 0.25) is 0 Å². The van der Waals surface area contributed by atoms with E-state index in [0.717, 1.165) is 43.9 Å². The molecule has 0 unspecified atom stereocenters. The van der Waals surface area contributed by atoms with E-state index in [1.165, 1.54) is 38.5 Å². The molecule has 162 valence electrons. The molecule has 4 aliphatic carbocycles. The molecule has 30 heavy (non-hydrogen) atoms. The molecule has 3 N–H and O–H groups in total. The number of rotatable bonds is 5. The molecular weight excluding hydrogens is 378 g/mol. The van der Waals surface area contributed by atoms with E-state index in [0.29, 0.717) is 11.4 Å². The number of nitrogens with one attached hydrogen (secondary N) is 1. The molecule has 4 bridgehead atoms. The Balaban J connectivity index is 1.20. The Labute approximate surface area is 178 Å². The van der Waals surface area contributed by atoms with E-state index in [4.69, 9.17) is 5.73 Å². The molecule has 2 amide bonds. The molecule has 5 fully saturated rings. The van der Waals surface area contributed by atoms with E-state index >= 15 is 0 Å². The Kier molecular flexibility index (Phi) is 4.96. The molecule has 5 aliphatic rings. The van der Waals surface area contributed by atoms with Crippen LogP contribution in [0.1, 0.15) is 55.8 Å². The van der Waals surface area contributed by atoms with Gasteiger partial charge < -0.3 is 16.0 Å². The summed E-state index contributed by atoms with van der Waals surface area (Å²) in [6.45, 7) is 5.02. The van der Waals surface area contributed by atoms with Gasteiger partial charge >= 0.3 is 0 Å². The number of carbonyl (C=O) groups excluding carboxylic acids is 2. The first-order valence-corrected chi connectivity index (χ1v) is 11.5. The Bertz CT molecular complexity index is 797. The van der Waals surface area contributed by atoms with Gasteiger partial charge in [0.1, 0.15) is 5.82 Å². The fraction of sp³-hybridized carbons (Fsp3) is 0.696. The minimum atomic E-state index is -0.455. The maximum Gasteiger partial charge on any atom is 0.252 e. The number of piperazine rings is 1. The second-order valence-corrected chi connectivity index (χ2v) is 10.1. The molecule has 1 atom stereocenters. The van der Waals surface area contributed by atoms with E-state index in [9.17, 15) is 9.59 Å². The number of nitrogens with zero attached hydrogens (tertiary/aromatic N) is 3. The first-order chi connectivity index (χ1) is 14.4. The monoisotopic (exact) mass is 411 g/mol. The van der Waals surface area contributed by atoms with Crippen molar-refractivity contribution in [2.75, 3.05) is 31.1 Å². The first-order valence-electron chi connectivity index (χ1n) is 11.5. The first kappa shape index (κ1) is 19.8. The molecule has 2 heterocycles. The smallest absolute Gasteiger partial charge is 0.252 e. The summed E-state index contributed by atoms with van der Waals surface area (Å²) in [4.78, 5) is 33.6. The summed E-state index contributed by atoms with van der Waals surface area (Å²) in [5.74, 6) is 2.86. The van der Waals surface area contributed by atoms with Crippen LogP contribution < -0.4 is 16.0 Å². The third kappa shape index (κ3) is 3.57.